The van der Waals surface area contributed by atoms with Crippen molar-refractivity contribution in [2.24, 2.45) is 0 Å². The molecule has 0 amide bonds. The van der Waals surface area contributed by atoms with Gasteiger partial charge in [-0.2, -0.15) is 0 Å². The Labute approximate surface area is 118 Å². The molecule has 1 aromatic heterocycles. The van der Waals surface area contributed by atoms with Gasteiger partial charge in [-0.1, -0.05) is 6.07 Å². The van der Waals surface area contributed by atoms with Gasteiger partial charge in [0.05, 0.1) is 11.3 Å². The number of carbonyl (C=O) groups is 2. The molecule has 0 saturated carbocycles. The van der Waals surface area contributed by atoms with Crippen molar-refractivity contribution in [3.8, 4) is 0 Å². The maximum absolute atomic E-state index is 11.8. The van der Waals surface area contributed by atoms with Gasteiger partial charge in [0, 0.05) is 11.0 Å². The number of thioether (sulfide) groups is 1. The van der Waals surface area contributed by atoms with E-state index in [0.717, 1.165) is 11.8 Å². The average molecular weight is 293 g/mol. The van der Waals surface area contributed by atoms with Crippen molar-refractivity contribution in [2.45, 2.75) is 11.8 Å². The molecule has 0 aliphatic carbocycles. The number of hydrogen-bond acceptors (Lipinski definition) is 5. The van der Waals surface area contributed by atoms with Gasteiger partial charge in [0.2, 0.25) is 0 Å². The minimum atomic E-state index is -1.03. The normalized spacial score (nSPS) is 10.4. The lowest BCUT2D eigenvalue weighted by Gasteiger charge is -2.02. The number of nitrogens with zero attached hydrogens (tertiary/aromatic N) is 1. The van der Waals surface area contributed by atoms with E-state index in [-0.39, 0.29) is 11.3 Å². The van der Waals surface area contributed by atoms with Crippen molar-refractivity contribution < 1.29 is 19.2 Å². The summed E-state index contributed by atoms with van der Waals surface area (Å²) in [6, 6.07) is 7.46. The fraction of sp³-hybridized carbons (Fsp3) is 0.154. The summed E-state index contributed by atoms with van der Waals surface area (Å²) >= 11 is 1.14. The van der Waals surface area contributed by atoms with Crippen LogP contribution < -0.4 is 5.56 Å². The van der Waals surface area contributed by atoms with E-state index in [1.807, 2.05) is 0 Å². The van der Waals surface area contributed by atoms with Crippen LogP contribution in [0.1, 0.15) is 20.9 Å². The molecule has 0 aliphatic rings. The first-order chi connectivity index (χ1) is 9.47. The number of aromatic carboxylic acids is 1. The highest BCUT2D eigenvalue weighted by molar-refractivity contribution is 8.00. The molecule has 0 saturated heterocycles. The molecule has 1 N–H and O–H groups in total. The maximum Gasteiger partial charge on any atom is 0.335 e. The second-order valence-electron chi connectivity index (χ2n) is 3.99. The largest absolute Gasteiger partial charge is 0.478 e. The number of benzene rings is 1. The highest BCUT2D eigenvalue weighted by atomic mass is 32.2. The molecule has 20 heavy (non-hydrogen) atoms. The number of aryl methyl sites for hydroxylation is 1. The van der Waals surface area contributed by atoms with E-state index in [9.17, 15) is 14.4 Å². The van der Waals surface area contributed by atoms with Crippen LogP contribution in [-0.2, 0) is 0 Å². The minimum absolute atomic E-state index is 0.0179. The first-order valence-corrected chi connectivity index (χ1v) is 6.65. The van der Waals surface area contributed by atoms with Gasteiger partial charge in [0.15, 0.2) is 0 Å². The topological polar surface area (TPSA) is 89.5 Å². The van der Waals surface area contributed by atoms with Crippen LogP contribution in [-0.4, -0.2) is 27.5 Å². The van der Waals surface area contributed by atoms with Crippen molar-refractivity contribution in [2.75, 3.05) is 5.75 Å². The molecule has 0 unspecified atom stereocenters. The number of aromatic nitrogens is 1. The predicted octanol–water partition coefficient (Wildman–Crippen LogP) is 1.88. The molecule has 6 nitrogen and oxygen atoms in total. The summed E-state index contributed by atoms with van der Waals surface area (Å²) in [6.07, 6.45) is 0. The Hall–Kier alpha value is -2.28. The second kappa shape index (κ2) is 5.79. The molecule has 2 aromatic rings. The van der Waals surface area contributed by atoms with E-state index in [2.05, 4.69) is 0 Å². The summed E-state index contributed by atoms with van der Waals surface area (Å²) < 4.78 is 5.67. The van der Waals surface area contributed by atoms with Crippen molar-refractivity contribution in [1.29, 1.82) is 0 Å². The molecule has 1 heterocycles. The third-order valence-corrected chi connectivity index (χ3v) is 3.41. The van der Waals surface area contributed by atoms with Crippen molar-refractivity contribution in [3.05, 3.63) is 52.0 Å². The molecule has 0 spiro atoms. The van der Waals surface area contributed by atoms with Crippen LogP contribution in [0.25, 0.3) is 0 Å². The van der Waals surface area contributed by atoms with E-state index in [1.54, 1.807) is 19.1 Å². The van der Waals surface area contributed by atoms with Crippen molar-refractivity contribution in [1.82, 2.24) is 4.74 Å². The molecule has 0 radical (unpaired) electrons. The molecular formula is C13H11NO5S. The summed E-state index contributed by atoms with van der Waals surface area (Å²) in [6.45, 7) is 1.58. The standard InChI is InChI=1S/C13H11NO5S/c1-8-5-11(15)14(19-8)12(16)7-20-10-4-2-3-9(6-10)13(17)18/h2-6H,7H2,1H3,(H,17,18). The molecule has 104 valence electrons. The van der Waals surface area contributed by atoms with Crippen LogP contribution in [0, 0.1) is 6.92 Å². The van der Waals surface area contributed by atoms with Crippen LogP contribution in [0.5, 0.6) is 0 Å². The van der Waals surface area contributed by atoms with Gasteiger partial charge in [-0.25, -0.2) is 4.79 Å². The molecule has 0 fully saturated rings. The van der Waals surface area contributed by atoms with Crippen LogP contribution in [0.3, 0.4) is 0 Å². The molecule has 0 aliphatic heterocycles. The van der Waals surface area contributed by atoms with E-state index in [4.69, 9.17) is 9.63 Å². The average Bonchev–Trinajstić information content (AvgIpc) is 2.75. The van der Waals surface area contributed by atoms with Gasteiger partial charge in [-0.15, -0.1) is 16.5 Å². The first-order valence-electron chi connectivity index (χ1n) is 5.66. The summed E-state index contributed by atoms with van der Waals surface area (Å²) in [5, 5.41) is 8.87. The van der Waals surface area contributed by atoms with Crippen LogP contribution in [0.2, 0.25) is 0 Å². The summed E-state index contributed by atoms with van der Waals surface area (Å²) in [5.74, 6) is -1.18. The Morgan fingerprint density at radius 2 is 2.10 bits per heavy atom. The fourth-order valence-electron chi connectivity index (χ4n) is 1.54. The Kier molecular flexibility index (Phi) is 4.09. The molecule has 7 heteroatoms. The monoisotopic (exact) mass is 293 g/mol. The Morgan fingerprint density at radius 1 is 1.35 bits per heavy atom. The zero-order valence-electron chi connectivity index (χ0n) is 10.5. The Bertz CT molecular complexity index is 716. The van der Waals surface area contributed by atoms with Crippen LogP contribution in [0.15, 0.2) is 44.5 Å². The van der Waals surface area contributed by atoms with Crippen LogP contribution >= 0.6 is 11.8 Å². The lowest BCUT2D eigenvalue weighted by atomic mass is 10.2. The number of rotatable bonds is 4. The smallest absolute Gasteiger partial charge is 0.335 e. The highest BCUT2D eigenvalue weighted by Crippen LogP contribution is 2.19. The quantitative estimate of drug-likeness (QED) is 0.866. The molecule has 0 atom stereocenters. The van der Waals surface area contributed by atoms with Gasteiger partial charge in [0.25, 0.3) is 11.5 Å². The molecule has 0 bridgehead atoms. The number of carboxylic acid groups (broad SMARTS) is 1. The van der Waals surface area contributed by atoms with Gasteiger partial charge >= 0.3 is 5.97 Å². The van der Waals surface area contributed by atoms with Crippen molar-refractivity contribution >= 4 is 23.6 Å². The van der Waals surface area contributed by atoms with E-state index < -0.39 is 17.4 Å². The lowest BCUT2D eigenvalue weighted by Crippen LogP contribution is -2.23. The van der Waals surface area contributed by atoms with Crippen molar-refractivity contribution in [3.63, 3.8) is 0 Å². The highest BCUT2D eigenvalue weighted by Gasteiger charge is 2.12. The lowest BCUT2D eigenvalue weighted by molar-refractivity contribution is 0.0696. The Balaban J connectivity index is 2.07. The maximum atomic E-state index is 11.8. The van der Waals surface area contributed by atoms with Gasteiger partial charge in [0.1, 0.15) is 5.76 Å². The van der Waals surface area contributed by atoms with E-state index in [0.29, 0.717) is 15.4 Å². The van der Waals surface area contributed by atoms with Gasteiger partial charge < -0.3 is 9.63 Å². The minimum Gasteiger partial charge on any atom is -0.478 e. The first kappa shape index (κ1) is 14.1. The van der Waals surface area contributed by atoms with E-state index >= 15 is 0 Å². The SMILES string of the molecule is Cc1cc(=O)n(C(=O)CSc2cccc(C(=O)O)c2)o1. The predicted molar refractivity (Wildman–Crippen MR) is 72.5 cm³/mol. The molecule has 2 rings (SSSR count). The fourth-order valence-corrected chi connectivity index (χ4v) is 2.34. The zero-order chi connectivity index (χ0) is 14.7. The third-order valence-electron chi connectivity index (χ3n) is 2.43. The van der Waals surface area contributed by atoms with Crippen LogP contribution in [0.4, 0.5) is 0 Å². The van der Waals surface area contributed by atoms with Gasteiger partial charge in [-0.3, -0.25) is 9.59 Å². The second-order valence-corrected chi connectivity index (χ2v) is 5.04. The Morgan fingerprint density at radius 3 is 2.70 bits per heavy atom. The number of carbonyl (C=O) groups excluding carboxylic acids is 1. The number of carboxylic acids is 1. The summed E-state index contributed by atoms with van der Waals surface area (Å²) in [7, 11) is 0. The number of hydrogen-bond donors (Lipinski definition) is 1. The third kappa shape index (κ3) is 3.18. The summed E-state index contributed by atoms with van der Waals surface area (Å²) in [4.78, 5) is 34.7. The van der Waals surface area contributed by atoms with Gasteiger partial charge in [-0.05, 0) is 25.1 Å². The van der Waals surface area contributed by atoms with E-state index in [1.165, 1.54) is 18.2 Å². The molecule has 1 aromatic carbocycles. The summed E-state index contributed by atoms with van der Waals surface area (Å²) in [5.41, 5.74) is -0.360. The zero-order valence-corrected chi connectivity index (χ0v) is 11.3. The molecular weight excluding hydrogens is 282 g/mol.